The fraction of sp³-hybridized carbons (Fsp3) is 0.417. The van der Waals surface area contributed by atoms with Gasteiger partial charge in [0, 0.05) is 6.42 Å². The summed E-state index contributed by atoms with van der Waals surface area (Å²) in [7, 11) is 1.57. The van der Waals surface area contributed by atoms with Crippen molar-refractivity contribution in [2.45, 2.75) is 12.5 Å². The highest BCUT2D eigenvalue weighted by Crippen LogP contribution is 2.43. The number of carbonyl (C=O) groups is 1. The fourth-order valence-electron chi connectivity index (χ4n) is 2.13. The van der Waals surface area contributed by atoms with E-state index in [0.717, 1.165) is 5.56 Å². The summed E-state index contributed by atoms with van der Waals surface area (Å²) < 4.78 is 20.8. The number of nitrogens with one attached hydrogen (secondary N) is 1. The Morgan fingerprint density at radius 1 is 1.33 bits per heavy atom. The lowest BCUT2D eigenvalue weighted by molar-refractivity contribution is 0.115. The summed E-state index contributed by atoms with van der Waals surface area (Å²) >= 11 is 0. The molecule has 1 amide bonds. The summed E-state index contributed by atoms with van der Waals surface area (Å²) in [5, 5.41) is 2.76. The number of amides is 1. The molecule has 0 spiro atoms. The zero-order chi connectivity index (χ0) is 12.5. The quantitative estimate of drug-likeness (QED) is 0.864. The van der Waals surface area contributed by atoms with Gasteiger partial charge in [0.05, 0.1) is 19.8 Å². The van der Waals surface area contributed by atoms with Crippen LogP contribution in [-0.4, -0.2) is 26.6 Å². The van der Waals surface area contributed by atoms with Crippen LogP contribution in [0.1, 0.15) is 18.0 Å². The van der Waals surface area contributed by atoms with E-state index >= 15 is 0 Å². The average molecular weight is 251 g/mol. The Morgan fingerprint density at radius 2 is 2.22 bits per heavy atom. The lowest BCUT2D eigenvalue weighted by atomic mass is 10.0. The summed E-state index contributed by atoms with van der Waals surface area (Å²) in [5.41, 5.74) is 0.924. The molecule has 1 saturated heterocycles. The molecule has 1 aromatic rings. The molecule has 0 unspecified atom stereocenters. The second kappa shape index (κ2) is 4.29. The van der Waals surface area contributed by atoms with Crippen LogP contribution in [0.2, 0.25) is 0 Å². The molecular weight excluding hydrogens is 238 g/mol. The fourth-order valence-corrected chi connectivity index (χ4v) is 2.13. The SMILES string of the molecule is COc1cc([C@@H]2CCOC(=O)N2)cc2c1OCO2. The molecule has 2 aliphatic heterocycles. The number of cyclic esters (lactones) is 1. The van der Waals surface area contributed by atoms with E-state index in [1.165, 1.54) is 0 Å². The van der Waals surface area contributed by atoms with Gasteiger partial charge >= 0.3 is 6.09 Å². The van der Waals surface area contributed by atoms with E-state index in [2.05, 4.69) is 5.32 Å². The maximum atomic E-state index is 11.2. The van der Waals surface area contributed by atoms with Crippen molar-refractivity contribution in [2.24, 2.45) is 0 Å². The van der Waals surface area contributed by atoms with Crippen LogP contribution in [0.5, 0.6) is 17.2 Å². The number of fused-ring (bicyclic) bond motifs is 1. The van der Waals surface area contributed by atoms with E-state index in [1.54, 1.807) is 7.11 Å². The summed E-state index contributed by atoms with van der Waals surface area (Å²) in [5.74, 6) is 1.87. The second-order valence-corrected chi connectivity index (χ2v) is 4.08. The topological polar surface area (TPSA) is 66.0 Å². The Balaban J connectivity index is 1.94. The van der Waals surface area contributed by atoms with Gasteiger partial charge in [0.2, 0.25) is 12.5 Å². The van der Waals surface area contributed by atoms with Gasteiger partial charge in [-0.05, 0) is 17.7 Å². The molecule has 1 aromatic carbocycles. The molecule has 2 heterocycles. The maximum Gasteiger partial charge on any atom is 0.407 e. The van der Waals surface area contributed by atoms with Crippen LogP contribution in [0, 0.1) is 0 Å². The van der Waals surface area contributed by atoms with Crippen LogP contribution >= 0.6 is 0 Å². The molecule has 3 rings (SSSR count). The first-order valence-electron chi connectivity index (χ1n) is 5.69. The van der Waals surface area contributed by atoms with Gasteiger partial charge in [-0.3, -0.25) is 0 Å². The smallest absolute Gasteiger partial charge is 0.407 e. The van der Waals surface area contributed by atoms with Crippen LogP contribution < -0.4 is 19.5 Å². The summed E-state index contributed by atoms with van der Waals surface area (Å²) in [6.07, 6.45) is 0.317. The number of carbonyl (C=O) groups excluding carboxylic acids is 1. The van der Waals surface area contributed by atoms with Gasteiger partial charge in [0.1, 0.15) is 0 Å². The zero-order valence-electron chi connectivity index (χ0n) is 9.89. The predicted octanol–water partition coefficient (Wildman–Crippen LogP) is 1.59. The van der Waals surface area contributed by atoms with E-state index in [4.69, 9.17) is 18.9 Å². The van der Waals surface area contributed by atoms with Gasteiger partial charge in [-0.25, -0.2) is 4.79 Å². The van der Waals surface area contributed by atoms with Gasteiger partial charge in [-0.15, -0.1) is 0 Å². The molecule has 6 nitrogen and oxygen atoms in total. The highest BCUT2D eigenvalue weighted by Gasteiger charge is 2.26. The first-order chi connectivity index (χ1) is 8.78. The molecule has 0 saturated carbocycles. The van der Waals surface area contributed by atoms with E-state index in [0.29, 0.717) is 30.3 Å². The summed E-state index contributed by atoms with van der Waals surface area (Å²) in [6.45, 7) is 0.600. The molecule has 2 aliphatic rings. The third-order valence-electron chi connectivity index (χ3n) is 3.01. The number of methoxy groups -OCH3 is 1. The molecule has 96 valence electrons. The van der Waals surface area contributed by atoms with Crippen LogP contribution in [0.25, 0.3) is 0 Å². The Morgan fingerprint density at radius 3 is 3.00 bits per heavy atom. The van der Waals surface area contributed by atoms with Crippen molar-refractivity contribution in [3.8, 4) is 17.2 Å². The van der Waals surface area contributed by atoms with Gasteiger partial charge in [-0.1, -0.05) is 0 Å². The molecule has 1 atom stereocenters. The van der Waals surface area contributed by atoms with E-state index in [-0.39, 0.29) is 12.8 Å². The minimum Gasteiger partial charge on any atom is -0.493 e. The van der Waals surface area contributed by atoms with Crippen molar-refractivity contribution in [1.29, 1.82) is 0 Å². The van der Waals surface area contributed by atoms with Crippen molar-refractivity contribution in [3.63, 3.8) is 0 Å². The number of hydrogen-bond donors (Lipinski definition) is 1. The molecule has 1 N–H and O–H groups in total. The number of ether oxygens (including phenoxy) is 4. The minimum atomic E-state index is -0.400. The number of alkyl carbamates (subject to hydrolysis) is 1. The van der Waals surface area contributed by atoms with E-state index in [1.807, 2.05) is 12.1 Å². The van der Waals surface area contributed by atoms with Gasteiger partial charge in [-0.2, -0.15) is 0 Å². The molecule has 18 heavy (non-hydrogen) atoms. The normalized spacial score (nSPS) is 21.2. The lowest BCUT2D eigenvalue weighted by Gasteiger charge is -2.24. The van der Waals surface area contributed by atoms with Gasteiger partial charge in [0.15, 0.2) is 11.5 Å². The van der Waals surface area contributed by atoms with Crippen LogP contribution in [-0.2, 0) is 4.74 Å². The summed E-state index contributed by atoms with van der Waals surface area (Å²) in [6, 6.07) is 3.62. The molecule has 0 aliphatic carbocycles. The van der Waals surface area contributed by atoms with Crippen molar-refractivity contribution < 1.29 is 23.7 Å². The third-order valence-corrected chi connectivity index (χ3v) is 3.01. The number of benzene rings is 1. The highest BCUT2D eigenvalue weighted by molar-refractivity contribution is 5.69. The largest absolute Gasteiger partial charge is 0.493 e. The molecule has 0 radical (unpaired) electrons. The Bertz CT molecular complexity index is 488. The van der Waals surface area contributed by atoms with Gasteiger partial charge < -0.3 is 24.3 Å². The Hall–Kier alpha value is -2.11. The van der Waals surface area contributed by atoms with Crippen molar-refractivity contribution in [1.82, 2.24) is 5.32 Å². The third kappa shape index (κ3) is 1.79. The highest BCUT2D eigenvalue weighted by atomic mass is 16.7. The Labute approximate surface area is 104 Å². The van der Waals surface area contributed by atoms with E-state index in [9.17, 15) is 4.79 Å². The van der Waals surface area contributed by atoms with Crippen LogP contribution in [0.15, 0.2) is 12.1 Å². The number of rotatable bonds is 2. The Kier molecular flexibility index (Phi) is 2.62. The molecule has 1 fully saturated rings. The standard InChI is InChI=1S/C12H13NO5/c1-15-9-4-7(5-10-11(9)18-6-17-10)8-2-3-16-12(14)13-8/h4-5,8H,2-3,6H2,1H3,(H,13,14)/t8-/m0/s1. The zero-order valence-corrected chi connectivity index (χ0v) is 9.89. The lowest BCUT2D eigenvalue weighted by Crippen LogP contribution is -2.35. The molecule has 0 bridgehead atoms. The van der Waals surface area contributed by atoms with Gasteiger partial charge in [0.25, 0.3) is 0 Å². The van der Waals surface area contributed by atoms with Crippen LogP contribution in [0.4, 0.5) is 4.79 Å². The molecule has 6 heteroatoms. The van der Waals surface area contributed by atoms with Crippen molar-refractivity contribution in [3.05, 3.63) is 17.7 Å². The molecule has 0 aromatic heterocycles. The minimum absolute atomic E-state index is 0.0883. The predicted molar refractivity (Wildman–Crippen MR) is 61.0 cm³/mol. The second-order valence-electron chi connectivity index (χ2n) is 4.08. The first-order valence-corrected chi connectivity index (χ1v) is 5.69. The maximum absolute atomic E-state index is 11.2. The van der Waals surface area contributed by atoms with E-state index < -0.39 is 6.09 Å². The first kappa shape index (κ1) is 11.0. The average Bonchev–Trinajstić information content (AvgIpc) is 2.85. The summed E-state index contributed by atoms with van der Waals surface area (Å²) in [4.78, 5) is 11.2. The number of hydrogen-bond acceptors (Lipinski definition) is 5. The van der Waals surface area contributed by atoms with Crippen molar-refractivity contribution >= 4 is 6.09 Å². The molecular formula is C12H13NO5. The van der Waals surface area contributed by atoms with Crippen LogP contribution in [0.3, 0.4) is 0 Å². The monoisotopic (exact) mass is 251 g/mol. The van der Waals surface area contributed by atoms with Crippen molar-refractivity contribution in [2.75, 3.05) is 20.5 Å².